The number of hydrogen-bond donors (Lipinski definition) is 3. The number of anilines is 1. The van der Waals surface area contributed by atoms with Gasteiger partial charge >= 0.3 is 5.63 Å². The minimum Gasteiger partial charge on any atom is -0.423 e. The van der Waals surface area contributed by atoms with Crippen LogP contribution in [0, 0.1) is 20.2 Å². The van der Waals surface area contributed by atoms with Gasteiger partial charge in [0, 0.05) is 41.8 Å². The van der Waals surface area contributed by atoms with Crippen molar-refractivity contribution in [3.63, 3.8) is 0 Å². The van der Waals surface area contributed by atoms with Crippen molar-refractivity contribution in [2.24, 2.45) is 0 Å². The summed E-state index contributed by atoms with van der Waals surface area (Å²) < 4.78 is 5.14. The van der Waals surface area contributed by atoms with E-state index in [-0.39, 0.29) is 17.6 Å². The standard InChI is InChI=1S/C27H21N5O9/c33-24(15-28-26(35)18-11-20(31(37)38)14-21(12-18)32(39)40)30-22(10-16-4-2-1-3-5-16)27(36)29-19-8-6-17-7-9-25(34)41-23(17)13-19/h1-9,11-14,22H,10,15H2,(H,28,35)(H,29,36)(H,30,33)/t22-/m0/s1. The Morgan fingerprint density at radius 2 is 1.51 bits per heavy atom. The molecule has 41 heavy (non-hydrogen) atoms. The lowest BCUT2D eigenvalue weighted by atomic mass is 10.0. The van der Waals surface area contributed by atoms with E-state index in [1.54, 1.807) is 48.5 Å². The van der Waals surface area contributed by atoms with Gasteiger partial charge in [-0.1, -0.05) is 30.3 Å². The number of fused-ring (bicyclic) bond motifs is 1. The molecule has 0 saturated heterocycles. The molecule has 0 spiro atoms. The topological polar surface area (TPSA) is 204 Å². The molecule has 14 heteroatoms. The summed E-state index contributed by atoms with van der Waals surface area (Å²) >= 11 is 0. The molecule has 3 amide bonds. The first kappa shape index (κ1) is 28.1. The molecule has 3 N–H and O–H groups in total. The monoisotopic (exact) mass is 559 g/mol. The lowest BCUT2D eigenvalue weighted by Crippen LogP contribution is -2.48. The van der Waals surface area contributed by atoms with Crippen molar-refractivity contribution in [2.75, 3.05) is 11.9 Å². The Bertz CT molecular complexity index is 1690. The molecule has 0 unspecified atom stereocenters. The second-order valence-electron chi connectivity index (χ2n) is 8.74. The van der Waals surface area contributed by atoms with Crippen LogP contribution in [0.25, 0.3) is 11.0 Å². The maximum atomic E-state index is 13.2. The average molecular weight is 559 g/mol. The number of nitrogens with one attached hydrogen (secondary N) is 3. The first-order valence-electron chi connectivity index (χ1n) is 12.0. The lowest BCUT2D eigenvalue weighted by molar-refractivity contribution is -0.394. The highest BCUT2D eigenvalue weighted by atomic mass is 16.6. The van der Waals surface area contributed by atoms with E-state index in [0.29, 0.717) is 17.1 Å². The quantitative estimate of drug-likeness (QED) is 0.148. The zero-order valence-electron chi connectivity index (χ0n) is 21.1. The summed E-state index contributed by atoms with van der Waals surface area (Å²) in [6, 6.07) is 17.7. The Balaban J connectivity index is 1.47. The van der Waals surface area contributed by atoms with Gasteiger partial charge in [-0.05, 0) is 23.8 Å². The number of hydrogen-bond acceptors (Lipinski definition) is 9. The molecule has 0 bridgehead atoms. The van der Waals surface area contributed by atoms with E-state index in [2.05, 4.69) is 16.0 Å². The molecule has 0 aliphatic heterocycles. The molecule has 0 fully saturated rings. The van der Waals surface area contributed by atoms with Gasteiger partial charge in [-0.25, -0.2) is 4.79 Å². The van der Waals surface area contributed by atoms with Gasteiger partial charge in [0.25, 0.3) is 17.3 Å². The molecule has 3 aromatic carbocycles. The number of nitro benzene ring substituents is 2. The van der Waals surface area contributed by atoms with Crippen LogP contribution in [-0.2, 0) is 16.0 Å². The van der Waals surface area contributed by atoms with Crippen LogP contribution >= 0.6 is 0 Å². The second kappa shape index (κ2) is 12.3. The van der Waals surface area contributed by atoms with Crippen molar-refractivity contribution in [3.05, 3.63) is 121 Å². The molecule has 0 aliphatic carbocycles. The van der Waals surface area contributed by atoms with Crippen molar-refractivity contribution in [2.45, 2.75) is 12.5 Å². The molecule has 0 saturated carbocycles. The minimum absolute atomic E-state index is 0.0894. The molecule has 0 radical (unpaired) electrons. The molecule has 14 nitrogen and oxygen atoms in total. The molecule has 1 heterocycles. The van der Waals surface area contributed by atoms with E-state index in [0.717, 1.165) is 17.7 Å². The Morgan fingerprint density at radius 3 is 2.17 bits per heavy atom. The third-order valence-corrected chi connectivity index (χ3v) is 5.82. The average Bonchev–Trinajstić information content (AvgIpc) is 2.95. The van der Waals surface area contributed by atoms with Crippen LogP contribution in [0.4, 0.5) is 17.1 Å². The van der Waals surface area contributed by atoms with Crippen LogP contribution < -0.4 is 21.6 Å². The summed E-state index contributed by atoms with van der Waals surface area (Å²) in [6.45, 7) is -0.630. The Labute approximate surface area is 230 Å². The number of benzene rings is 3. The summed E-state index contributed by atoms with van der Waals surface area (Å²) in [4.78, 5) is 70.4. The van der Waals surface area contributed by atoms with Crippen molar-refractivity contribution < 1.29 is 28.6 Å². The number of carbonyl (C=O) groups excluding carboxylic acids is 3. The first-order valence-corrected chi connectivity index (χ1v) is 12.0. The molecule has 1 atom stereocenters. The van der Waals surface area contributed by atoms with Gasteiger partial charge in [0.05, 0.1) is 28.0 Å². The van der Waals surface area contributed by atoms with Gasteiger partial charge in [-0.3, -0.25) is 34.6 Å². The summed E-state index contributed by atoms with van der Waals surface area (Å²) in [5.74, 6) is -2.33. The molecular weight excluding hydrogens is 538 g/mol. The van der Waals surface area contributed by atoms with E-state index >= 15 is 0 Å². The summed E-state index contributed by atoms with van der Waals surface area (Å²) in [6.07, 6.45) is 0.0894. The smallest absolute Gasteiger partial charge is 0.336 e. The number of non-ortho nitro benzene ring substituents is 2. The fraction of sp³-hybridized carbons (Fsp3) is 0.111. The molecule has 1 aromatic heterocycles. The number of rotatable bonds is 10. The van der Waals surface area contributed by atoms with Gasteiger partial charge in [0.1, 0.15) is 11.6 Å². The predicted molar refractivity (Wildman–Crippen MR) is 145 cm³/mol. The molecule has 4 aromatic rings. The maximum absolute atomic E-state index is 13.2. The van der Waals surface area contributed by atoms with Crippen molar-refractivity contribution >= 4 is 45.8 Å². The van der Waals surface area contributed by atoms with Crippen LogP contribution in [-0.4, -0.2) is 40.2 Å². The first-order chi connectivity index (χ1) is 19.6. The maximum Gasteiger partial charge on any atom is 0.336 e. The molecule has 208 valence electrons. The number of nitrogens with zero attached hydrogens (tertiary/aromatic N) is 2. The zero-order valence-corrected chi connectivity index (χ0v) is 21.1. The summed E-state index contributed by atoms with van der Waals surface area (Å²) in [5, 5.41) is 30.3. The van der Waals surface area contributed by atoms with E-state index in [9.17, 15) is 39.4 Å². The number of amides is 3. The lowest BCUT2D eigenvalue weighted by Gasteiger charge is -2.19. The number of nitro groups is 2. The molecule has 4 rings (SSSR count). The van der Waals surface area contributed by atoms with Gasteiger partial charge in [0.15, 0.2) is 0 Å². The predicted octanol–water partition coefficient (Wildman–Crippen LogP) is 2.71. The van der Waals surface area contributed by atoms with Crippen LogP contribution in [0.2, 0.25) is 0 Å². The van der Waals surface area contributed by atoms with Crippen molar-refractivity contribution in [1.82, 2.24) is 10.6 Å². The zero-order chi connectivity index (χ0) is 29.5. The van der Waals surface area contributed by atoms with Crippen LogP contribution in [0.3, 0.4) is 0 Å². The third kappa shape index (κ3) is 7.35. The van der Waals surface area contributed by atoms with Gasteiger partial charge < -0.3 is 20.4 Å². The Hall–Kier alpha value is -5.92. The van der Waals surface area contributed by atoms with Crippen LogP contribution in [0.1, 0.15) is 15.9 Å². The largest absolute Gasteiger partial charge is 0.423 e. The van der Waals surface area contributed by atoms with Gasteiger partial charge in [-0.15, -0.1) is 0 Å². The van der Waals surface area contributed by atoms with Crippen molar-refractivity contribution in [3.8, 4) is 0 Å². The SMILES string of the molecule is O=C(CNC(=O)c1cc([N+](=O)[O-])cc([N+](=O)[O-])c1)N[C@@H](Cc1ccccc1)C(=O)Nc1ccc2ccc(=O)oc2c1. The van der Waals surface area contributed by atoms with Crippen LogP contribution in [0.15, 0.2) is 88.1 Å². The molecular formula is C27H21N5O9. The summed E-state index contributed by atoms with van der Waals surface area (Å²) in [5.41, 5.74) is -0.988. The van der Waals surface area contributed by atoms with E-state index in [1.807, 2.05) is 0 Å². The van der Waals surface area contributed by atoms with E-state index < -0.39 is 57.2 Å². The van der Waals surface area contributed by atoms with Crippen LogP contribution in [0.5, 0.6) is 0 Å². The fourth-order valence-electron chi connectivity index (χ4n) is 3.87. The highest BCUT2D eigenvalue weighted by Crippen LogP contribution is 2.23. The highest BCUT2D eigenvalue weighted by molar-refractivity contribution is 6.00. The normalized spacial score (nSPS) is 11.3. The minimum atomic E-state index is -1.10. The van der Waals surface area contributed by atoms with Gasteiger partial charge in [-0.2, -0.15) is 0 Å². The third-order valence-electron chi connectivity index (χ3n) is 5.82. The van der Waals surface area contributed by atoms with Gasteiger partial charge in [0.2, 0.25) is 11.8 Å². The number of carbonyl (C=O) groups is 3. The van der Waals surface area contributed by atoms with Crippen molar-refractivity contribution in [1.29, 1.82) is 0 Å². The second-order valence-corrected chi connectivity index (χ2v) is 8.74. The fourth-order valence-corrected chi connectivity index (χ4v) is 3.87. The Kier molecular flexibility index (Phi) is 8.42. The summed E-state index contributed by atoms with van der Waals surface area (Å²) in [7, 11) is 0. The van der Waals surface area contributed by atoms with E-state index in [4.69, 9.17) is 4.42 Å². The molecule has 0 aliphatic rings. The van der Waals surface area contributed by atoms with E-state index in [1.165, 1.54) is 12.1 Å². The highest BCUT2D eigenvalue weighted by Gasteiger charge is 2.23. The Morgan fingerprint density at radius 1 is 0.854 bits per heavy atom.